The minimum Gasteiger partial charge on any atom is -0.472 e. The van der Waals surface area contributed by atoms with E-state index in [2.05, 4.69) is 11.7 Å². The van der Waals surface area contributed by atoms with Gasteiger partial charge in [-0.2, -0.15) is 0 Å². The molecule has 50 valence electrons. The van der Waals surface area contributed by atoms with Gasteiger partial charge in [0.25, 0.3) is 5.90 Å². The minimum atomic E-state index is 0.515. The molecule has 1 aliphatic heterocycles. The standard InChI is InChI=1S/C6H9NO2/c1-5(2)6-7-9-4-3-8-6/h1,3-4H2,2H3. The summed E-state index contributed by atoms with van der Waals surface area (Å²) in [5, 5.41) is 3.62. The van der Waals surface area contributed by atoms with E-state index < -0.39 is 0 Å². The largest absolute Gasteiger partial charge is 0.472 e. The Morgan fingerprint density at radius 2 is 2.44 bits per heavy atom. The molecule has 3 nitrogen and oxygen atoms in total. The lowest BCUT2D eigenvalue weighted by atomic mass is 10.3. The van der Waals surface area contributed by atoms with Gasteiger partial charge in [0.15, 0.2) is 6.61 Å². The molecule has 0 saturated heterocycles. The van der Waals surface area contributed by atoms with E-state index in [1.165, 1.54) is 0 Å². The third-order valence-corrected chi connectivity index (χ3v) is 0.926. The molecule has 0 aromatic carbocycles. The maximum absolute atomic E-state index is 5.06. The Balaban J connectivity index is 2.57. The van der Waals surface area contributed by atoms with Crippen LogP contribution in [-0.4, -0.2) is 19.1 Å². The molecule has 0 aliphatic carbocycles. The van der Waals surface area contributed by atoms with Crippen LogP contribution in [0.4, 0.5) is 0 Å². The van der Waals surface area contributed by atoms with Gasteiger partial charge in [-0.15, -0.1) is 0 Å². The van der Waals surface area contributed by atoms with Crippen LogP contribution >= 0.6 is 0 Å². The highest BCUT2D eigenvalue weighted by atomic mass is 16.7. The molecule has 0 bridgehead atoms. The van der Waals surface area contributed by atoms with Crippen LogP contribution in [0.25, 0.3) is 0 Å². The Morgan fingerprint density at radius 1 is 1.67 bits per heavy atom. The van der Waals surface area contributed by atoms with Gasteiger partial charge in [-0.25, -0.2) is 0 Å². The predicted octanol–water partition coefficient (Wildman–Crippen LogP) is 0.923. The summed E-state index contributed by atoms with van der Waals surface area (Å²) in [7, 11) is 0. The van der Waals surface area contributed by atoms with Gasteiger partial charge < -0.3 is 9.57 Å². The first-order chi connectivity index (χ1) is 4.30. The second-order valence-electron chi connectivity index (χ2n) is 1.86. The number of hydrogen-bond donors (Lipinski definition) is 0. The van der Waals surface area contributed by atoms with Crippen molar-refractivity contribution in [2.45, 2.75) is 6.92 Å². The summed E-state index contributed by atoms with van der Waals surface area (Å²) in [5.41, 5.74) is 0.801. The van der Waals surface area contributed by atoms with Crippen LogP contribution < -0.4 is 0 Å². The summed E-state index contributed by atoms with van der Waals surface area (Å²) in [6, 6.07) is 0. The third kappa shape index (κ3) is 1.45. The number of oxime groups is 1. The monoisotopic (exact) mass is 127 g/mol. The Morgan fingerprint density at radius 3 is 2.78 bits per heavy atom. The summed E-state index contributed by atoms with van der Waals surface area (Å²) < 4.78 is 5.06. The molecule has 1 aliphatic rings. The summed E-state index contributed by atoms with van der Waals surface area (Å²) in [6.07, 6.45) is 0. The van der Waals surface area contributed by atoms with E-state index >= 15 is 0 Å². The molecule has 0 fully saturated rings. The summed E-state index contributed by atoms with van der Waals surface area (Å²) in [4.78, 5) is 4.75. The fraction of sp³-hybridized carbons (Fsp3) is 0.500. The van der Waals surface area contributed by atoms with E-state index in [0.29, 0.717) is 19.1 Å². The highest BCUT2D eigenvalue weighted by Crippen LogP contribution is 2.00. The lowest BCUT2D eigenvalue weighted by molar-refractivity contribution is 0.0653. The fourth-order valence-electron chi connectivity index (χ4n) is 0.507. The molecule has 1 rings (SSSR count). The molecular formula is C6H9NO2. The molecule has 3 heteroatoms. The zero-order chi connectivity index (χ0) is 6.69. The fourth-order valence-corrected chi connectivity index (χ4v) is 0.507. The highest BCUT2D eigenvalue weighted by molar-refractivity contribution is 5.91. The van der Waals surface area contributed by atoms with Crippen LogP contribution in [0.5, 0.6) is 0 Å². The molecule has 0 spiro atoms. The minimum absolute atomic E-state index is 0.515. The van der Waals surface area contributed by atoms with Crippen molar-refractivity contribution >= 4 is 5.90 Å². The molecule has 0 radical (unpaired) electrons. The molecule has 0 amide bonds. The normalized spacial score (nSPS) is 17.2. The van der Waals surface area contributed by atoms with E-state index in [9.17, 15) is 0 Å². The number of nitrogens with zero attached hydrogens (tertiary/aromatic N) is 1. The van der Waals surface area contributed by atoms with Crippen molar-refractivity contribution < 1.29 is 9.57 Å². The highest BCUT2D eigenvalue weighted by Gasteiger charge is 2.06. The van der Waals surface area contributed by atoms with E-state index in [4.69, 9.17) is 9.57 Å². The van der Waals surface area contributed by atoms with Gasteiger partial charge in [0.2, 0.25) is 0 Å². The average molecular weight is 127 g/mol. The van der Waals surface area contributed by atoms with Crippen LogP contribution in [-0.2, 0) is 9.57 Å². The van der Waals surface area contributed by atoms with Crippen molar-refractivity contribution in [3.63, 3.8) is 0 Å². The summed E-state index contributed by atoms with van der Waals surface area (Å²) in [5.74, 6) is 0.515. The van der Waals surface area contributed by atoms with Gasteiger partial charge in [-0.1, -0.05) is 6.58 Å². The van der Waals surface area contributed by atoms with E-state index in [-0.39, 0.29) is 0 Å². The predicted molar refractivity (Wildman–Crippen MR) is 34.2 cm³/mol. The van der Waals surface area contributed by atoms with Crippen LogP contribution in [0, 0.1) is 0 Å². The average Bonchev–Trinajstić information content (AvgIpc) is 1.90. The van der Waals surface area contributed by atoms with E-state index in [1.54, 1.807) is 0 Å². The maximum atomic E-state index is 5.06. The number of rotatable bonds is 1. The van der Waals surface area contributed by atoms with Gasteiger partial charge in [0.1, 0.15) is 6.61 Å². The van der Waals surface area contributed by atoms with Gasteiger partial charge in [-0.05, 0) is 12.1 Å². The Kier molecular flexibility index (Phi) is 1.72. The van der Waals surface area contributed by atoms with Crippen molar-refractivity contribution in [1.29, 1.82) is 0 Å². The van der Waals surface area contributed by atoms with Crippen molar-refractivity contribution in [1.82, 2.24) is 0 Å². The lowest BCUT2D eigenvalue weighted by Gasteiger charge is -2.12. The van der Waals surface area contributed by atoms with Gasteiger partial charge >= 0.3 is 0 Å². The molecule has 0 N–H and O–H groups in total. The maximum Gasteiger partial charge on any atom is 0.252 e. The summed E-state index contributed by atoms with van der Waals surface area (Å²) >= 11 is 0. The van der Waals surface area contributed by atoms with Crippen molar-refractivity contribution in [3.05, 3.63) is 12.2 Å². The van der Waals surface area contributed by atoms with Crippen LogP contribution in [0.1, 0.15) is 6.92 Å². The Bertz CT molecular complexity index is 151. The van der Waals surface area contributed by atoms with Gasteiger partial charge in [-0.3, -0.25) is 0 Å². The van der Waals surface area contributed by atoms with Gasteiger partial charge in [0, 0.05) is 5.57 Å². The molecule has 9 heavy (non-hydrogen) atoms. The number of hydrogen-bond acceptors (Lipinski definition) is 3. The second kappa shape index (κ2) is 2.53. The zero-order valence-electron chi connectivity index (χ0n) is 5.39. The summed E-state index contributed by atoms with van der Waals surface area (Å²) in [6.45, 7) is 6.58. The first-order valence-electron chi connectivity index (χ1n) is 2.79. The Labute approximate surface area is 53.9 Å². The van der Waals surface area contributed by atoms with Gasteiger partial charge in [0.05, 0.1) is 0 Å². The van der Waals surface area contributed by atoms with E-state index in [0.717, 1.165) is 5.57 Å². The first-order valence-corrected chi connectivity index (χ1v) is 2.79. The smallest absolute Gasteiger partial charge is 0.252 e. The molecule has 0 saturated carbocycles. The molecule has 0 unspecified atom stereocenters. The van der Waals surface area contributed by atoms with E-state index in [1.807, 2.05) is 6.92 Å². The quantitative estimate of drug-likeness (QED) is 0.524. The molecular weight excluding hydrogens is 118 g/mol. The molecule has 1 heterocycles. The van der Waals surface area contributed by atoms with Crippen LogP contribution in [0.15, 0.2) is 17.3 Å². The molecule has 0 aromatic rings. The topological polar surface area (TPSA) is 30.8 Å². The van der Waals surface area contributed by atoms with Crippen LogP contribution in [0.3, 0.4) is 0 Å². The molecule has 0 atom stereocenters. The first kappa shape index (κ1) is 6.13. The Hall–Kier alpha value is -0.990. The van der Waals surface area contributed by atoms with Crippen molar-refractivity contribution in [2.75, 3.05) is 13.2 Å². The second-order valence-corrected chi connectivity index (χ2v) is 1.86. The third-order valence-electron chi connectivity index (χ3n) is 0.926. The zero-order valence-corrected chi connectivity index (χ0v) is 5.39. The lowest BCUT2D eigenvalue weighted by Crippen LogP contribution is -2.16. The van der Waals surface area contributed by atoms with Crippen LogP contribution in [0.2, 0.25) is 0 Å². The van der Waals surface area contributed by atoms with Crippen molar-refractivity contribution in [3.8, 4) is 0 Å². The van der Waals surface area contributed by atoms with Crippen molar-refractivity contribution in [2.24, 2.45) is 5.16 Å². The SMILES string of the molecule is C=C(C)C1=NOCCO1. The number of ether oxygens (including phenoxy) is 1. The molecule has 0 aromatic heterocycles.